The number of anilines is 1. The molecule has 0 aliphatic carbocycles. The number of rotatable bonds is 5. The molecular formula is C23H27F2N5O4. The van der Waals surface area contributed by atoms with E-state index in [1.165, 1.54) is 6.07 Å². The molecule has 0 spiro atoms. The Kier molecular flexibility index (Phi) is 5.65. The number of hydrogen-bond acceptors (Lipinski definition) is 8. The minimum atomic E-state index is -0.781. The van der Waals surface area contributed by atoms with Crippen molar-refractivity contribution in [2.24, 2.45) is 0 Å². The van der Waals surface area contributed by atoms with Crippen molar-refractivity contribution in [3.8, 4) is 17.0 Å². The SMILES string of the molecule is COC(C)(C)c1nc2c(F)cc(-c3nc(N[C@@H]4CCOC[C@H]4O)ncc3F)c3c2n1[C@@H](C)CO3. The highest BCUT2D eigenvalue weighted by molar-refractivity contribution is 5.92. The van der Waals surface area contributed by atoms with Gasteiger partial charge in [-0.15, -0.1) is 0 Å². The number of aromatic nitrogens is 4. The van der Waals surface area contributed by atoms with Crippen LogP contribution in [0.3, 0.4) is 0 Å². The first kappa shape index (κ1) is 22.9. The number of halogens is 2. The summed E-state index contributed by atoms with van der Waals surface area (Å²) in [6.45, 7) is 6.60. The van der Waals surface area contributed by atoms with E-state index in [1.54, 1.807) is 7.11 Å². The third-order valence-corrected chi connectivity index (χ3v) is 6.47. The summed E-state index contributed by atoms with van der Waals surface area (Å²) in [7, 11) is 1.57. The lowest BCUT2D eigenvalue weighted by Crippen LogP contribution is -2.42. The van der Waals surface area contributed by atoms with Crippen molar-refractivity contribution in [3.05, 3.63) is 29.7 Å². The second-order valence-corrected chi connectivity index (χ2v) is 9.18. The minimum absolute atomic E-state index is 0.107. The monoisotopic (exact) mass is 475 g/mol. The number of ether oxygens (including phenoxy) is 3. The molecule has 3 aromatic rings. The molecule has 9 nitrogen and oxygen atoms in total. The molecule has 2 aliphatic heterocycles. The molecule has 11 heteroatoms. The van der Waals surface area contributed by atoms with E-state index in [4.69, 9.17) is 14.2 Å². The van der Waals surface area contributed by atoms with Gasteiger partial charge in [-0.05, 0) is 33.3 Å². The van der Waals surface area contributed by atoms with E-state index < -0.39 is 23.3 Å². The van der Waals surface area contributed by atoms with Crippen molar-refractivity contribution in [1.29, 1.82) is 0 Å². The van der Waals surface area contributed by atoms with Crippen LogP contribution in [0.25, 0.3) is 22.3 Å². The molecule has 0 unspecified atom stereocenters. The van der Waals surface area contributed by atoms with Crippen LogP contribution in [-0.4, -0.2) is 63.7 Å². The fraction of sp³-hybridized carbons (Fsp3) is 0.522. The van der Waals surface area contributed by atoms with Crippen molar-refractivity contribution in [3.63, 3.8) is 0 Å². The lowest BCUT2D eigenvalue weighted by Gasteiger charge is -2.30. The Hall–Kier alpha value is -2.89. The summed E-state index contributed by atoms with van der Waals surface area (Å²) in [5.74, 6) is -0.370. The molecule has 2 aliphatic rings. The van der Waals surface area contributed by atoms with Gasteiger partial charge in [-0.2, -0.15) is 0 Å². The molecule has 34 heavy (non-hydrogen) atoms. The Bertz CT molecular complexity index is 1250. The molecule has 1 fully saturated rings. The zero-order chi connectivity index (χ0) is 24.2. The van der Waals surface area contributed by atoms with Gasteiger partial charge in [-0.3, -0.25) is 0 Å². The normalized spacial score (nSPS) is 22.6. The van der Waals surface area contributed by atoms with E-state index in [0.29, 0.717) is 30.1 Å². The Morgan fingerprint density at radius 2 is 2.03 bits per heavy atom. The third-order valence-electron chi connectivity index (χ3n) is 6.47. The van der Waals surface area contributed by atoms with Crippen molar-refractivity contribution in [2.75, 3.05) is 32.2 Å². The number of imidazole rings is 1. The second kappa shape index (κ2) is 8.40. The van der Waals surface area contributed by atoms with E-state index in [1.807, 2.05) is 25.3 Å². The summed E-state index contributed by atoms with van der Waals surface area (Å²) in [5.41, 5.74) is -0.166. The summed E-state index contributed by atoms with van der Waals surface area (Å²) < 4.78 is 49.0. The van der Waals surface area contributed by atoms with Crippen LogP contribution in [0.15, 0.2) is 12.3 Å². The lowest BCUT2D eigenvalue weighted by molar-refractivity contribution is -0.0136. The molecule has 5 rings (SSSR count). The molecule has 182 valence electrons. The molecule has 1 aromatic carbocycles. The van der Waals surface area contributed by atoms with Crippen LogP contribution in [0.1, 0.15) is 39.1 Å². The van der Waals surface area contributed by atoms with Gasteiger partial charge < -0.3 is 29.2 Å². The maximum absolute atomic E-state index is 15.3. The Morgan fingerprint density at radius 3 is 2.76 bits per heavy atom. The Morgan fingerprint density at radius 1 is 1.24 bits per heavy atom. The van der Waals surface area contributed by atoms with Crippen molar-refractivity contribution in [2.45, 2.75) is 51.0 Å². The summed E-state index contributed by atoms with van der Waals surface area (Å²) in [6, 6.07) is 0.702. The number of aliphatic hydroxyl groups excluding tert-OH is 1. The van der Waals surface area contributed by atoms with Crippen LogP contribution in [0.4, 0.5) is 14.7 Å². The van der Waals surface area contributed by atoms with Crippen LogP contribution in [0, 0.1) is 11.6 Å². The second-order valence-electron chi connectivity index (χ2n) is 9.18. The van der Waals surface area contributed by atoms with Gasteiger partial charge in [0.1, 0.15) is 34.8 Å². The number of methoxy groups -OCH3 is 1. The molecule has 1 saturated heterocycles. The van der Waals surface area contributed by atoms with Crippen LogP contribution in [0.5, 0.6) is 5.75 Å². The number of nitrogens with zero attached hydrogens (tertiary/aromatic N) is 4. The standard InChI is InChI=1S/C23H27F2N5O4/c1-11-9-34-20-12(7-13(24)18-19(20)30(11)21(28-18)23(2,3)32-4)17-14(25)8-26-22(29-17)27-15-5-6-33-10-16(15)31/h7-8,11,15-16,31H,5-6,9-10H2,1-4H3,(H,26,27,29)/t11-,15+,16+/m0/s1. The predicted molar refractivity (Wildman–Crippen MR) is 120 cm³/mol. The molecule has 4 heterocycles. The third kappa shape index (κ3) is 3.68. The van der Waals surface area contributed by atoms with Gasteiger partial charge in [0, 0.05) is 13.7 Å². The highest BCUT2D eigenvalue weighted by Crippen LogP contribution is 2.44. The molecule has 0 bridgehead atoms. The fourth-order valence-electron chi connectivity index (χ4n) is 4.43. The van der Waals surface area contributed by atoms with Gasteiger partial charge in [-0.1, -0.05) is 0 Å². The number of benzene rings is 1. The fourth-order valence-corrected chi connectivity index (χ4v) is 4.43. The zero-order valence-corrected chi connectivity index (χ0v) is 19.4. The average molecular weight is 475 g/mol. The van der Waals surface area contributed by atoms with E-state index in [0.717, 1.165) is 6.20 Å². The molecule has 0 saturated carbocycles. The Balaban J connectivity index is 1.66. The van der Waals surface area contributed by atoms with Crippen molar-refractivity contribution < 1.29 is 28.1 Å². The largest absolute Gasteiger partial charge is 0.488 e. The molecule has 3 atom stereocenters. The molecule has 0 amide bonds. The molecule has 2 N–H and O–H groups in total. The first-order valence-corrected chi connectivity index (χ1v) is 11.2. The number of aliphatic hydroxyl groups is 1. The van der Waals surface area contributed by atoms with Crippen molar-refractivity contribution >= 4 is 17.0 Å². The van der Waals surface area contributed by atoms with E-state index in [-0.39, 0.29) is 48.0 Å². The molecular weight excluding hydrogens is 448 g/mol. The molecule has 0 radical (unpaired) electrons. The van der Waals surface area contributed by atoms with E-state index in [2.05, 4.69) is 20.3 Å². The maximum atomic E-state index is 15.3. The van der Waals surface area contributed by atoms with Gasteiger partial charge in [-0.25, -0.2) is 23.7 Å². The number of hydrogen-bond donors (Lipinski definition) is 2. The summed E-state index contributed by atoms with van der Waals surface area (Å²) in [4.78, 5) is 12.9. The van der Waals surface area contributed by atoms with Gasteiger partial charge in [0.25, 0.3) is 0 Å². The predicted octanol–water partition coefficient (Wildman–Crippen LogP) is 3.17. The molecule has 2 aromatic heterocycles. The first-order chi connectivity index (χ1) is 16.2. The van der Waals surface area contributed by atoms with Crippen molar-refractivity contribution in [1.82, 2.24) is 19.5 Å². The van der Waals surface area contributed by atoms with E-state index in [9.17, 15) is 9.50 Å². The van der Waals surface area contributed by atoms with Crippen LogP contribution >= 0.6 is 0 Å². The Labute approximate surface area is 195 Å². The average Bonchev–Trinajstić information content (AvgIpc) is 3.24. The lowest BCUT2D eigenvalue weighted by atomic mass is 10.1. The van der Waals surface area contributed by atoms with Crippen LogP contribution in [0.2, 0.25) is 0 Å². The van der Waals surface area contributed by atoms with Crippen LogP contribution in [-0.2, 0) is 15.1 Å². The topological polar surface area (TPSA) is 104 Å². The van der Waals surface area contributed by atoms with Gasteiger partial charge in [0.2, 0.25) is 5.95 Å². The highest BCUT2D eigenvalue weighted by atomic mass is 19.1. The highest BCUT2D eigenvalue weighted by Gasteiger charge is 2.36. The van der Waals surface area contributed by atoms with Gasteiger partial charge >= 0.3 is 0 Å². The van der Waals surface area contributed by atoms with E-state index >= 15 is 4.39 Å². The summed E-state index contributed by atoms with van der Waals surface area (Å²) in [5, 5.41) is 13.2. The van der Waals surface area contributed by atoms with Crippen LogP contribution < -0.4 is 10.1 Å². The van der Waals surface area contributed by atoms with Gasteiger partial charge in [0.05, 0.1) is 36.6 Å². The number of nitrogens with one attached hydrogen (secondary N) is 1. The summed E-state index contributed by atoms with van der Waals surface area (Å²) in [6.07, 6.45) is 0.817. The zero-order valence-electron chi connectivity index (χ0n) is 19.4. The summed E-state index contributed by atoms with van der Waals surface area (Å²) >= 11 is 0. The van der Waals surface area contributed by atoms with Gasteiger partial charge in [0.15, 0.2) is 17.4 Å². The quantitative estimate of drug-likeness (QED) is 0.580. The first-order valence-electron chi connectivity index (χ1n) is 11.2. The smallest absolute Gasteiger partial charge is 0.223 e. The minimum Gasteiger partial charge on any atom is -0.488 e. The maximum Gasteiger partial charge on any atom is 0.223 e.